The largest absolute Gasteiger partial charge is 0.339 e. The molecular weight excluding hydrogens is 351 g/mol. The van der Waals surface area contributed by atoms with Crippen molar-refractivity contribution >= 4 is 17.5 Å². The molecule has 0 saturated heterocycles. The van der Waals surface area contributed by atoms with Crippen LogP contribution in [0.25, 0.3) is 17.0 Å². The number of fused-ring (bicyclic) bond motifs is 1. The van der Waals surface area contributed by atoms with Crippen LogP contribution < -0.4 is 5.32 Å². The van der Waals surface area contributed by atoms with Crippen LogP contribution in [0.1, 0.15) is 17.9 Å². The maximum absolute atomic E-state index is 13.7. The van der Waals surface area contributed by atoms with E-state index in [1.54, 1.807) is 35.7 Å². The summed E-state index contributed by atoms with van der Waals surface area (Å²) in [7, 11) is 0. The molecular formula is C18H15FN6O2. The van der Waals surface area contributed by atoms with Crippen LogP contribution in [0.2, 0.25) is 0 Å². The van der Waals surface area contributed by atoms with Gasteiger partial charge in [0, 0.05) is 24.6 Å². The molecule has 4 rings (SSSR count). The Labute approximate surface area is 153 Å². The first-order valence-electron chi connectivity index (χ1n) is 8.29. The number of aryl methyl sites for hydroxylation is 2. The molecule has 27 heavy (non-hydrogen) atoms. The molecule has 8 nitrogen and oxygen atoms in total. The highest BCUT2D eigenvalue weighted by Gasteiger charge is 2.13. The van der Waals surface area contributed by atoms with Gasteiger partial charge in [-0.2, -0.15) is 4.98 Å². The first kappa shape index (κ1) is 16.8. The average molecular weight is 366 g/mol. The van der Waals surface area contributed by atoms with E-state index >= 15 is 0 Å². The summed E-state index contributed by atoms with van der Waals surface area (Å²) in [4.78, 5) is 16.4. The summed E-state index contributed by atoms with van der Waals surface area (Å²) in [5.74, 6) is 0.338. The number of carbonyl (C=O) groups excluding carboxylic acids is 1. The molecule has 1 aromatic carbocycles. The van der Waals surface area contributed by atoms with Crippen molar-refractivity contribution in [2.24, 2.45) is 0 Å². The van der Waals surface area contributed by atoms with Crippen LogP contribution in [-0.4, -0.2) is 30.6 Å². The normalized spacial score (nSPS) is 11.0. The molecule has 0 unspecified atom stereocenters. The Morgan fingerprint density at radius 1 is 1.26 bits per heavy atom. The zero-order valence-electron chi connectivity index (χ0n) is 14.4. The van der Waals surface area contributed by atoms with Gasteiger partial charge in [-0.3, -0.25) is 14.5 Å². The van der Waals surface area contributed by atoms with Crippen molar-refractivity contribution in [3.63, 3.8) is 0 Å². The third-order valence-corrected chi connectivity index (χ3v) is 4.03. The van der Waals surface area contributed by atoms with E-state index in [0.29, 0.717) is 28.6 Å². The quantitative estimate of drug-likeness (QED) is 0.583. The topological polar surface area (TPSA) is 98.2 Å². The fourth-order valence-electron chi connectivity index (χ4n) is 2.54. The van der Waals surface area contributed by atoms with Crippen molar-refractivity contribution in [2.75, 3.05) is 5.32 Å². The first-order valence-corrected chi connectivity index (χ1v) is 8.29. The van der Waals surface area contributed by atoms with Gasteiger partial charge >= 0.3 is 0 Å². The summed E-state index contributed by atoms with van der Waals surface area (Å²) >= 11 is 0. The van der Waals surface area contributed by atoms with E-state index < -0.39 is 0 Å². The van der Waals surface area contributed by atoms with Crippen molar-refractivity contribution in [3.8, 4) is 11.4 Å². The lowest BCUT2D eigenvalue weighted by Crippen LogP contribution is -2.14. The zero-order chi connectivity index (χ0) is 18.8. The van der Waals surface area contributed by atoms with Crippen LogP contribution >= 0.6 is 0 Å². The van der Waals surface area contributed by atoms with Gasteiger partial charge in [0.05, 0.1) is 0 Å². The van der Waals surface area contributed by atoms with Gasteiger partial charge in [0.25, 0.3) is 0 Å². The third kappa shape index (κ3) is 3.52. The highest BCUT2D eigenvalue weighted by Crippen LogP contribution is 2.19. The predicted octanol–water partition coefficient (Wildman–Crippen LogP) is 2.80. The molecule has 0 fully saturated rings. The minimum Gasteiger partial charge on any atom is -0.339 e. The maximum atomic E-state index is 13.7. The zero-order valence-corrected chi connectivity index (χ0v) is 14.4. The summed E-state index contributed by atoms with van der Waals surface area (Å²) in [6, 6.07) is 10.2. The fourth-order valence-corrected chi connectivity index (χ4v) is 2.54. The molecule has 3 aromatic heterocycles. The Bertz CT molecular complexity index is 1120. The molecule has 0 spiro atoms. The molecule has 136 valence electrons. The van der Waals surface area contributed by atoms with Gasteiger partial charge in [0.2, 0.25) is 23.6 Å². The number of benzene rings is 1. The number of amides is 1. The number of hydrogen-bond donors (Lipinski definition) is 1. The fraction of sp³-hybridized carbons (Fsp3) is 0.167. The molecule has 0 aliphatic heterocycles. The van der Waals surface area contributed by atoms with Gasteiger partial charge in [-0.05, 0) is 30.7 Å². The van der Waals surface area contributed by atoms with Gasteiger partial charge in [0.15, 0.2) is 5.65 Å². The number of carbonyl (C=O) groups is 1. The molecule has 3 heterocycles. The van der Waals surface area contributed by atoms with Crippen LogP contribution in [0, 0.1) is 12.7 Å². The molecule has 4 aromatic rings. The summed E-state index contributed by atoms with van der Waals surface area (Å²) < 4.78 is 20.5. The Hall–Kier alpha value is -3.62. The van der Waals surface area contributed by atoms with Crippen molar-refractivity contribution < 1.29 is 13.7 Å². The van der Waals surface area contributed by atoms with Gasteiger partial charge in [-0.1, -0.05) is 23.4 Å². The second kappa shape index (κ2) is 6.94. The van der Waals surface area contributed by atoms with E-state index in [2.05, 4.69) is 25.7 Å². The summed E-state index contributed by atoms with van der Waals surface area (Å²) in [5, 5.41) is 14.4. The monoisotopic (exact) mass is 366 g/mol. The third-order valence-electron chi connectivity index (χ3n) is 4.03. The van der Waals surface area contributed by atoms with E-state index in [9.17, 15) is 9.18 Å². The smallest absolute Gasteiger partial charge is 0.235 e. The molecule has 9 heteroatoms. The summed E-state index contributed by atoms with van der Waals surface area (Å²) in [6.45, 7) is 1.68. The van der Waals surface area contributed by atoms with Gasteiger partial charge in [0.1, 0.15) is 5.82 Å². The molecule has 0 bridgehead atoms. The van der Waals surface area contributed by atoms with Gasteiger partial charge < -0.3 is 4.52 Å². The Morgan fingerprint density at radius 2 is 2.15 bits per heavy atom. The van der Waals surface area contributed by atoms with Crippen LogP contribution in [-0.2, 0) is 11.2 Å². The summed E-state index contributed by atoms with van der Waals surface area (Å²) in [5.41, 5.74) is 1.70. The Balaban J connectivity index is 1.39. The number of pyridine rings is 1. The Kier molecular flexibility index (Phi) is 4.33. The molecule has 0 aliphatic rings. The van der Waals surface area contributed by atoms with E-state index in [1.807, 2.05) is 12.1 Å². The SMILES string of the molecule is Cc1ccc(-c2noc(CCC(=O)Nc3nnc4ccccn34)n2)cc1F. The van der Waals surface area contributed by atoms with Crippen molar-refractivity contribution in [3.05, 3.63) is 59.9 Å². The van der Waals surface area contributed by atoms with Crippen LogP contribution in [0.3, 0.4) is 0 Å². The highest BCUT2D eigenvalue weighted by molar-refractivity contribution is 5.89. The Morgan fingerprint density at radius 3 is 3.00 bits per heavy atom. The van der Waals surface area contributed by atoms with Crippen LogP contribution in [0.4, 0.5) is 10.3 Å². The number of halogens is 1. The minimum atomic E-state index is -0.334. The van der Waals surface area contributed by atoms with Crippen LogP contribution in [0.5, 0.6) is 0 Å². The highest BCUT2D eigenvalue weighted by atomic mass is 19.1. The maximum Gasteiger partial charge on any atom is 0.235 e. The van der Waals surface area contributed by atoms with Crippen LogP contribution in [0.15, 0.2) is 47.1 Å². The number of rotatable bonds is 5. The molecule has 0 radical (unpaired) electrons. The number of nitrogens with zero attached hydrogens (tertiary/aromatic N) is 5. The lowest BCUT2D eigenvalue weighted by molar-refractivity contribution is -0.116. The number of anilines is 1. The lowest BCUT2D eigenvalue weighted by atomic mass is 10.1. The van der Waals surface area contributed by atoms with Crippen molar-refractivity contribution in [2.45, 2.75) is 19.8 Å². The minimum absolute atomic E-state index is 0.131. The standard InChI is InChI=1S/C18H15FN6O2/c1-11-5-6-12(10-13(11)19)17-21-16(27-24-17)8-7-15(26)20-18-23-22-14-4-2-3-9-25(14)18/h2-6,9-10H,7-8H2,1H3,(H,20,23,26). The predicted molar refractivity (Wildman–Crippen MR) is 94.4 cm³/mol. The van der Waals surface area contributed by atoms with Gasteiger partial charge in [-0.15, -0.1) is 10.2 Å². The van der Waals surface area contributed by atoms with Gasteiger partial charge in [-0.25, -0.2) is 4.39 Å². The van der Waals surface area contributed by atoms with E-state index in [1.165, 1.54) is 6.07 Å². The van der Waals surface area contributed by atoms with E-state index in [4.69, 9.17) is 4.52 Å². The molecule has 0 aliphatic carbocycles. The average Bonchev–Trinajstić information content (AvgIpc) is 3.30. The molecule has 0 atom stereocenters. The molecule has 1 N–H and O–H groups in total. The van der Waals surface area contributed by atoms with Crippen molar-refractivity contribution in [1.82, 2.24) is 24.7 Å². The van der Waals surface area contributed by atoms with Crippen molar-refractivity contribution in [1.29, 1.82) is 0 Å². The van der Waals surface area contributed by atoms with E-state index in [-0.39, 0.29) is 30.4 Å². The lowest BCUT2D eigenvalue weighted by Gasteiger charge is -2.01. The number of nitrogens with one attached hydrogen (secondary N) is 1. The number of hydrogen-bond acceptors (Lipinski definition) is 6. The second-order valence-electron chi connectivity index (χ2n) is 5.98. The second-order valence-corrected chi connectivity index (χ2v) is 5.98. The first-order chi connectivity index (χ1) is 13.1. The van der Waals surface area contributed by atoms with E-state index in [0.717, 1.165) is 0 Å². The summed E-state index contributed by atoms with van der Waals surface area (Å²) in [6.07, 6.45) is 2.14. The molecule has 0 saturated carbocycles. The molecule has 1 amide bonds. The number of aromatic nitrogens is 5.